The SMILES string of the molecule is CCCOc1ccc(C(C)=O)c(Cl)c1. The van der Waals surface area contributed by atoms with Gasteiger partial charge in [-0.1, -0.05) is 18.5 Å². The molecule has 0 aliphatic carbocycles. The minimum atomic E-state index is -0.0305. The molecule has 0 aliphatic rings. The number of hydrogen-bond acceptors (Lipinski definition) is 2. The first-order valence-corrected chi connectivity index (χ1v) is 4.96. The fourth-order valence-electron chi connectivity index (χ4n) is 1.09. The van der Waals surface area contributed by atoms with Gasteiger partial charge in [0.25, 0.3) is 0 Å². The van der Waals surface area contributed by atoms with E-state index in [2.05, 4.69) is 0 Å². The molecule has 0 amide bonds. The molecule has 0 saturated carbocycles. The lowest BCUT2D eigenvalue weighted by Crippen LogP contribution is -1.97. The molecule has 0 fully saturated rings. The van der Waals surface area contributed by atoms with E-state index in [1.165, 1.54) is 6.92 Å². The third kappa shape index (κ3) is 2.74. The Morgan fingerprint density at radius 2 is 2.21 bits per heavy atom. The highest BCUT2D eigenvalue weighted by molar-refractivity contribution is 6.34. The van der Waals surface area contributed by atoms with Gasteiger partial charge in [0, 0.05) is 5.56 Å². The Labute approximate surface area is 88.8 Å². The number of carbonyl (C=O) groups is 1. The van der Waals surface area contributed by atoms with E-state index in [1.807, 2.05) is 6.92 Å². The number of ketones is 1. The summed E-state index contributed by atoms with van der Waals surface area (Å²) in [7, 11) is 0. The maximum Gasteiger partial charge on any atom is 0.161 e. The minimum Gasteiger partial charge on any atom is -0.494 e. The van der Waals surface area contributed by atoms with Crippen molar-refractivity contribution in [1.82, 2.24) is 0 Å². The second kappa shape index (κ2) is 5.01. The first kappa shape index (κ1) is 11.1. The molecule has 0 heterocycles. The molecule has 14 heavy (non-hydrogen) atoms. The number of halogens is 1. The second-order valence-corrected chi connectivity index (χ2v) is 3.45. The zero-order valence-corrected chi connectivity index (χ0v) is 9.10. The van der Waals surface area contributed by atoms with E-state index in [0.717, 1.165) is 6.42 Å². The summed E-state index contributed by atoms with van der Waals surface area (Å²) >= 11 is 5.90. The fraction of sp³-hybridized carbons (Fsp3) is 0.364. The summed E-state index contributed by atoms with van der Waals surface area (Å²) in [6, 6.07) is 5.13. The summed E-state index contributed by atoms with van der Waals surface area (Å²) in [6.07, 6.45) is 0.950. The summed E-state index contributed by atoms with van der Waals surface area (Å²) in [5, 5.41) is 0.450. The molecular formula is C11H13ClO2. The standard InChI is InChI=1S/C11H13ClO2/c1-3-6-14-9-4-5-10(8(2)13)11(12)7-9/h4-5,7H,3,6H2,1-2H3. The highest BCUT2D eigenvalue weighted by Crippen LogP contribution is 2.22. The van der Waals surface area contributed by atoms with Gasteiger partial charge in [0.1, 0.15) is 5.75 Å². The number of hydrogen-bond donors (Lipinski definition) is 0. The highest BCUT2D eigenvalue weighted by atomic mass is 35.5. The predicted molar refractivity (Wildman–Crippen MR) is 57.2 cm³/mol. The van der Waals surface area contributed by atoms with Gasteiger partial charge in [-0.3, -0.25) is 4.79 Å². The molecule has 3 heteroatoms. The van der Waals surface area contributed by atoms with Gasteiger partial charge in [-0.2, -0.15) is 0 Å². The van der Waals surface area contributed by atoms with Crippen LogP contribution in [0.5, 0.6) is 5.75 Å². The van der Waals surface area contributed by atoms with Crippen molar-refractivity contribution in [1.29, 1.82) is 0 Å². The summed E-state index contributed by atoms with van der Waals surface area (Å²) in [4.78, 5) is 11.1. The number of Topliss-reactive ketones (excluding diaryl/α,β-unsaturated/α-hetero) is 1. The van der Waals surface area contributed by atoms with Crippen LogP contribution < -0.4 is 4.74 Å². The predicted octanol–water partition coefficient (Wildman–Crippen LogP) is 3.33. The summed E-state index contributed by atoms with van der Waals surface area (Å²) in [5.41, 5.74) is 0.538. The quantitative estimate of drug-likeness (QED) is 0.716. The molecule has 0 radical (unpaired) electrons. The average Bonchev–Trinajstić information content (AvgIpc) is 2.14. The molecule has 0 unspecified atom stereocenters. The first-order chi connectivity index (χ1) is 6.65. The van der Waals surface area contributed by atoms with Gasteiger partial charge in [0.2, 0.25) is 0 Å². The van der Waals surface area contributed by atoms with Crippen LogP contribution in [0.15, 0.2) is 18.2 Å². The Kier molecular flexibility index (Phi) is 3.96. The van der Waals surface area contributed by atoms with Gasteiger partial charge in [-0.25, -0.2) is 0 Å². The zero-order valence-electron chi connectivity index (χ0n) is 8.34. The van der Waals surface area contributed by atoms with Gasteiger partial charge < -0.3 is 4.74 Å². The highest BCUT2D eigenvalue weighted by Gasteiger charge is 2.06. The van der Waals surface area contributed by atoms with E-state index >= 15 is 0 Å². The van der Waals surface area contributed by atoms with E-state index in [1.54, 1.807) is 18.2 Å². The molecule has 0 spiro atoms. The lowest BCUT2D eigenvalue weighted by atomic mass is 10.1. The van der Waals surface area contributed by atoms with Crippen molar-refractivity contribution < 1.29 is 9.53 Å². The van der Waals surface area contributed by atoms with E-state index in [-0.39, 0.29) is 5.78 Å². The van der Waals surface area contributed by atoms with Crippen LogP contribution >= 0.6 is 11.6 Å². The molecule has 0 aromatic heterocycles. The lowest BCUT2D eigenvalue weighted by Gasteiger charge is -2.06. The molecular weight excluding hydrogens is 200 g/mol. The van der Waals surface area contributed by atoms with E-state index in [4.69, 9.17) is 16.3 Å². The van der Waals surface area contributed by atoms with Gasteiger partial charge in [-0.05, 0) is 31.5 Å². The molecule has 0 bridgehead atoms. The molecule has 76 valence electrons. The van der Waals surface area contributed by atoms with Crippen molar-refractivity contribution in [2.24, 2.45) is 0 Å². The van der Waals surface area contributed by atoms with Crippen LogP contribution in [0.25, 0.3) is 0 Å². The van der Waals surface area contributed by atoms with E-state index in [9.17, 15) is 4.79 Å². The van der Waals surface area contributed by atoms with Crippen molar-refractivity contribution in [3.63, 3.8) is 0 Å². The van der Waals surface area contributed by atoms with Crippen LogP contribution in [-0.4, -0.2) is 12.4 Å². The largest absolute Gasteiger partial charge is 0.494 e. The monoisotopic (exact) mass is 212 g/mol. The maximum absolute atomic E-state index is 11.1. The van der Waals surface area contributed by atoms with Crippen molar-refractivity contribution >= 4 is 17.4 Å². The Balaban J connectivity index is 2.83. The maximum atomic E-state index is 11.1. The van der Waals surface area contributed by atoms with Crippen molar-refractivity contribution in [2.75, 3.05) is 6.61 Å². The molecule has 0 atom stereocenters. The van der Waals surface area contributed by atoms with Crippen LogP contribution in [0, 0.1) is 0 Å². The summed E-state index contributed by atoms with van der Waals surface area (Å²) in [6.45, 7) is 4.19. The first-order valence-electron chi connectivity index (χ1n) is 4.58. The zero-order chi connectivity index (χ0) is 10.6. The van der Waals surface area contributed by atoms with E-state index in [0.29, 0.717) is 22.9 Å². The molecule has 1 aromatic rings. The third-order valence-electron chi connectivity index (χ3n) is 1.79. The van der Waals surface area contributed by atoms with Crippen LogP contribution in [-0.2, 0) is 0 Å². The van der Waals surface area contributed by atoms with Crippen LogP contribution in [0.4, 0.5) is 0 Å². The Bertz CT molecular complexity index is 334. The van der Waals surface area contributed by atoms with Gasteiger partial charge in [-0.15, -0.1) is 0 Å². The molecule has 1 rings (SSSR count). The van der Waals surface area contributed by atoms with Crippen molar-refractivity contribution in [3.8, 4) is 5.75 Å². The van der Waals surface area contributed by atoms with Crippen molar-refractivity contribution in [3.05, 3.63) is 28.8 Å². The van der Waals surface area contributed by atoms with Crippen LogP contribution in [0.1, 0.15) is 30.6 Å². The van der Waals surface area contributed by atoms with Gasteiger partial charge in [0.15, 0.2) is 5.78 Å². The fourth-order valence-corrected chi connectivity index (χ4v) is 1.39. The van der Waals surface area contributed by atoms with Crippen molar-refractivity contribution in [2.45, 2.75) is 20.3 Å². The third-order valence-corrected chi connectivity index (χ3v) is 2.11. The topological polar surface area (TPSA) is 26.3 Å². The molecule has 1 aromatic carbocycles. The molecule has 0 N–H and O–H groups in total. The number of ether oxygens (including phenoxy) is 1. The molecule has 0 saturated heterocycles. The smallest absolute Gasteiger partial charge is 0.161 e. The normalized spacial score (nSPS) is 9.93. The Morgan fingerprint density at radius 1 is 1.50 bits per heavy atom. The van der Waals surface area contributed by atoms with E-state index < -0.39 is 0 Å². The Morgan fingerprint density at radius 3 is 2.71 bits per heavy atom. The van der Waals surface area contributed by atoms with Crippen LogP contribution in [0.2, 0.25) is 5.02 Å². The number of rotatable bonds is 4. The summed E-state index contributed by atoms with van der Waals surface area (Å²) in [5.74, 6) is 0.680. The minimum absolute atomic E-state index is 0.0305. The van der Waals surface area contributed by atoms with Crippen LogP contribution in [0.3, 0.4) is 0 Å². The second-order valence-electron chi connectivity index (χ2n) is 3.05. The number of benzene rings is 1. The molecule has 0 aliphatic heterocycles. The van der Waals surface area contributed by atoms with Gasteiger partial charge >= 0.3 is 0 Å². The average molecular weight is 213 g/mol. The lowest BCUT2D eigenvalue weighted by molar-refractivity contribution is 0.101. The van der Waals surface area contributed by atoms with Gasteiger partial charge in [0.05, 0.1) is 11.6 Å². The summed E-state index contributed by atoms with van der Waals surface area (Å²) < 4.78 is 5.37. The number of carbonyl (C=O) groups excluding carboxylic acids is 1. The Hall–Kier alpha value is -1.02. The molecule has 2 nitrogen and oxygen atoms in total.